The van der Waals surface area contributed by atoms with Gasteiger partial charge in [0.2, 0.25) is 5.88 Å². The normalized spacial score (nSPS) is 16.4. The lowest BCUT2D eigenvalue weighted by Gasteiger charge is -2.39. The summed E-state index contributed by atoms with van der Waals surface area (Å²) in [5.74, 6) is 1.15. The van der Waals surface area contributed by atoms with Crippen LogP contribution in [0.25, 0.3) is 0 Å². The first-order valence-electron chi connectivity index (χ1n) is 10.8. The number of aliphatic imine (C=N–C) groups is 1. The van der Waals surface area contributed by atoms with Gasteiger partial charge in [0, 0.05) is 51.5 Å². The summed E-state index contributed by atoms with van der Waals surface area (Å²) >= 11 is 0. The minimum atomic E-state index is -4.40. The second kappa shape index (κ2) is 14.7. The van der Waals surface area contributed by atoms with Crippen molar-refractivity contribution >= 4 is 29.9 Å². The quantitative estimate of drug-likeness (QED) is 0.254. The fourth-order valence-electron chi connectivity index (χ4n) is 3.74. The average Bonchev–Trinajstić information content (AvgIpc) is 2.77. The molecule has 2 rings (SSSR count). The van der Waals surface area contributed by atoms with Gasteiger partial charge in [0.25, 0.3) is 0 Å². The van der Waals surface area contributed by atoms with Crippen LogP contribution in [0.3, 0.4) is 0 Å². The molecule has 32 heavy (non-hydrogen) atoms. The third-order valence-electron chi connectivity index (χ3n) is 5.45. The van der Waals surface area contributed by atoms with E-state index in [1.165, 1.54) is 12.3 Å². The van der Waals surface area contributed by atoms with Gasteiger partial charge in [-0.15, -0.1) is 24.0 Å². The van der Waals surface area contributed by atoms with E-state index in [0.717, 1.165) is 51.3 Å². The van der Waals surface area contributed by atoms with Crippen molar-refractivity contribution in [2.24, 2.45) is 10.9 Å². The zero-order valence-corrected chi connectivity index (χ0v) is 21.3. The van der Waals surface area contributed by atoms with Crippen LogP contribution in [0.4, 0.5) is 13.2 Å². The van der Waals surface area contributed by atoms with Crippen LogP contribution in [0.2, 0.25) is 0 Å². The molecule has 0 spiro atoms. The molecule has 1 aliphatic heterocycles. The maximum Gasteiger partial charge on any atom is 0.422 e. The standard InChI is InChI=1S/C21H34F3N5O2.HI/c1-4-17(5-2)18(29-8-10-30-11-9-29)14-28-20(25-3)27-13-16-6-7-26-19(12-16)31-15-21(22,23)24;/h6-7,12,17-18H,4-5,8-11,13-15H2,1-3H3,(H2,25,27,28);1H. The number of nitrogens with zero attached hydrogens (tertiary/aromatic N) is 3. The Morgan fingerprint density at radius 1 is 1.25 bits per heavy atom. The maximum absolute atomic E-state index is 12.3. The molecular weight excluding hydrogens is 538 g/mol. The lowest BCUT2D eigenvalue weighted by atomic mass is 9.92. The fourth-order valence-corrected chi connectivity index (χ4v) is 3.74. The minimum Gasteiger partial charge on any atom is -0.468 e. The summed E-state index contributed by atoms with van der Waals surface area (Å²) in [5, 5.41) is 6.62. The molecule has 1 fully saturated rings. The molecule has 1 saturated heterocycles. The monoisotopic (exact) mass is 573 g/mol. The van der Waals surface area contributed by atoms with E-state index in [-0.39, 0.29) is 29.9 Å². The van der Waals surface area contributed by atoms with E-state index in [1.807, 2.05) is 0 Å². The van der Waals surface area contributed by atoms with Crippen LogP contribution >= 0.6 is 24.0 Å². The lowest BCUT2D eigenvalue weighted by molar-refractivity contribution is -0.154. The second-order valence-electron chi connectivity index (χ2n) is 7.51. The zero-order chi connectivity index (χ0) is 22.7. The molecule has 0 amide bonds. The van der Waals surface area contributed by atoms with E-state index >= 15 is 0 Å². The smallest absolute Gasteiger partial charge is 0.422 e. The van der Waals surface area contributed by atoms with Gasteiger partial charge >= 0.3 is 6.18 Å². The molecule has 1 unspecified atom stereocenters. The van der Waals surface area contributed by atoms with Gasteiger partial charge in [-0.1, -0.05) is 26.7 Å². The summed E-state index contributed by atoms with van der Waals surface area (Å²) in [6.07, 6.45) is -0.762. The molecule has 11 heteroatoms. The summed E-state index contributed by atoms with van der Waals surface area (Å²) < 4.78 is 47.2. The molecule has 7 nitrogen and oxygen atoms in total. The predicted molar refractivity (Wildman–Crippen MR) is 130 cm³/mol. The van der Waals surface area contributed by atoms with Crippen molar-refractivity contribution in [1.82, 2.24) is 20.5 Å². The zero-order valence-electron chi connectivity index (χ0n) is 19.0. The van der Waals surface area contributed by atoms with E-state index < -0.39 is 12.8 Å². The number of pyridine rings is 1. The Morgan fingerprint density at radius 2 is 1.94 bits per heavy atom. The highest BCUT2D eigenvalue weighted by Gasteiger charge is 2.29. The third-order valence-corrected chi connectivity index (χ3v) is 5.45. The first-order valence-corrected chi connectivity index (χ1v) is 10.8. The van der Waals surface area contributed by atoms with E-state index in [4.69, 9.17) is 9.47 Å². The summed E-state index contributed by atoms with van der Waals surface area (Å²) in [4.78, 5) is 10.6. The molecule has 0 aliphatic carbocycles. The molecule has 0 aromatic carbocycles. The van der Waals surface area contributed by atoms with Crippen LogP contribution in [0, 0.1) is 5.92 Å². The van der Waals surface area contributed by atoms with Crippen LogP contribution in [0.1, 0.15) is 32.3 Å². The van der Waals surface area contributed by atoms with Crippen molar-refractivity contribution < 1.29 is 22.6 Å². The van der Waals surface area contributed by atoms with Crippen LogP contribution in [-0.4, -0.2) is 74.6 Å². The largest absolute Gasteiger partial charge is 0.468 e. The molecule has 0 saturated carbocycles. The number of alkyl halides is 3. The SMILES string of the molecule is CCC(CC)C(CNC(=NC)NCc1ccnc(OCC(F)(F)F)c1)N1CCOCC1.I. The molecule has 1 aliphatic rings. The molecule has 1 aromatic heterocycles. The first-order chi connectivity index (χ1) is 14.9. The van der Waals surface area contributed by atoms with Crippen molar-refractivity contribution in [2.75, 3.05) is 46.5 Å². The topological polar surface area (TPSA) is 71.0 Å². The van der Waals surface area contributed by atoms with E-state index in [2.05, 4.69) is 39.4 Å². The van der Waals surface area contributed by atoms with Gasteiger partial charge in [0.05, 0.1) is 13.2 Å². The minimum absolute atomic E-state index is 0. The number of hydrogen-bond donors (Lipinski definition) is 2. The highest BCUT2D eigenvalue weighted by Crippen LogP contribution is 2.20. The van der Waals surface area contributed by atoms with Crippen LogP contribution in [0.15, 0.2) is 23.3 Å². The number of rotatable bonds is 10. The molecule has 0 bridgehead atoms. The molecule has 1 aromatic rings. The first kappa shape index (κ1) is 28.7. The van der Waals surface area contributed by atoms with Crippen LogP contribution in [0.5, 0.6) is 5.88 Å². The van der Waals surface area contributed by atoms with Crippen molar-refractivity contribution in [3.8, 4) is 5.88 Å². The van der Waals surface area contributed by atoms with Gasteiger partial charge in [-0.3, -0.25) is 9.89 Å². The number of nitrogens with one attached hydrogen (secondary N) is 2. The second-order valence-corrected chi connectivity index (χ2v) is 7.51. The van der Waals surface area contributed by atoms with E-state index in [1.54, 1.807) is 13.1 Å². The fraction of sp³-hybridized carbons (Fsp3) is 0.714. The molecule has 2 N–H and O–H groups in total. The summed E-state index contributed by atoms with van der Waals surface area (Å²) in [5.41, 5.74) is 0.750. The number of guanidine groups is 1. The number of halogens is 4. The Hall–Kier alpha value is -1.34. The Morgan fingerprint density at radius 3 is 2.53 bits per heavy atom. The molecule has 1 atom stereocenters. The Balaban J connectivity index is 0.00000512. The van der Waals surface area contributed by atoms with Gasteiger partial charge in [-0.05, 0) is 17.5 Å². The average molecular weight is 573 g/mol. The Kier molecular flexibility index (Phi) is 13.2. The van der Waals surface area contributed by atoms with Crippen molar-refractivity contribution in [1.29, 1.82) is 0 Å². The third kappa shape index (κ3) is 10.1. The van der Waals surface area contributed by atoms with Gasteiger partial charge in [0.15, 0.2) is 12.6 Å². The highest BCUT2D eigenvalue weighted by atomic mass is 127. The van der Waals surface area contributed by atoms with Gasteiger partial charge in [-0.25, -0.2) is 4.98 Å². The predicted octanol–water partition coefficient (Wildman–Crippen LogP) is 3.44. The molecule has 0 radical (unpaired) electrons. The summed E-state index contributed by atoms with van der Waals surface area (Å²) in [6, 6.07) is 3.59. The number of morpholine rings is 1. The number of hydrogen-bond acceptors (Lipinski definition) is 5. The molecule has 2 heterocycles. The Labute approximate surface area is 205 Å². The summed E-state index contributed by atoms with van der Waals surface area (Å²) in [7, 11) is 1.70. The van der Waals surface area contributed by atoms with Crippen molar-refractivity contribution in [2.45, 2.75) is 45.5 Å². The summed E-state index contributed by atoms with van der Waals surface area (Å²) in [6.45, 7) is 7.57. The molecular formula is C21H35F3IN5O2. The Bertz CT molecular complexity index is 684. The number of aromatic nitrogens is 1. The van der Waals surface area contributed by atoms with Crippen LogP contribution in [-0.2, 0) is 11.3 Å². The van der Waals surface area contributed by atoms with Gasteiger partial charge in [-0.2, -0.15) is 13.2 Å². The van der Waals surface area contributed by atoms with E-state index in [0.29, 0.717) is 24.5 Å². The highest BCUT2D eigenvalue weighted by molar-refractivity contribution is 14.0. The van der Waals surface area contributed by atoms with Gasteiger partial charge in [0.1, 0.15) is 0 Å². The number of ether oxygens (including phenoxy) is 2. The van der Waals surface area contributed by atoms with E-state index in [9.17, 15) is 13.2 Å². The van der Waals surface area contributed by atoms with Crippen molar-refractivity contribution in [3.63, 3.8) is 0 Å². The van der Waals surface area contributed by atoms with Gasteiger partial charge < -0.3 is 20.1 Å². The lowest BCUT2D eigenvalue weighted by Crippen LogP contribution is -2.53. The van der Waals surface area contributed by atoms with Crippen LogP contribution < -0.4 is 15.4 Å². The van der Waals surface area contributed by atoms with Crippen molar-refractivity contribution in [3.05, 3.63) is 23.9 Å². The molecule has 184 valence electrons. The maximum atomic E-state index is 12.3.